The van der Waals surface area contributed by atoms with Gasteiger partial charge < -0.3 is 14.6 Å². The van der Waals surface area contributed by atoms with Crippen LogP contribution in [0.25, 0.3) is 5.76 Å². The molecule has 1 aromatic carbocycles. The molecule has 5 nitrogen and oxygen atoms in total. The Labute approximate surface area is 145 Å². The Kier molecular flexibility index (Phi) is 9.02. The Hall–Kier alpha value is -1.36. The first-order valence-corrected chi connectivity index (χ1v) is 6.50. The van der Waals surface area contributed by atoms with Gasteiger partial charge in [-0.1, -0.05) is 15.9 Å². The zero-order chi connectivity index (χ0) is 16.0. The Morgan fingerprint density at radius 1 is 1.36 bits per heavy atom. The van der Waals surface area contributed by atoms with Crippen molar-refractivity contribution in [1.29, 1.82) is 0 Å². The summed E-state index contributed by atoms with van der Waals surface area (Å²) in [4.78, 5) is 22.5. The van der Waals surface area contributed by atoms with Gasteiger partial charge >= 0.3 is 31.4 Å². The molecular weight excluding hydrogens is 361 g/mol. The molecule has 0 spiro atoms. The second kappa shape index (κ2) is 9.61. The number of alkyl halides is 2. The quantitative estimate of drug-likeness (QED) is 0.273. The summed E-state index contributed by atoms with van der Waals surface area (Å²) in [5.74, 6) is -2.97. The van der Waals surface area contributed by atoms with Gasteiger partial charge in [0.2, 0.25) is 0 Å². The molecule has 0 saturated carbocycles. The van der Waals surface area contributed by atoms with Gasteiger partial charge in [-0.05, 0) is 25.1 Å². The number of aliphatic hydroxyl groups excluding tert-OH is 1. The summed E-state index contributed by atoms with van der Waals surface area (Å²) in [6.45, 7) is -1.49. The number of ether oxygens (including phenoxy) is 2. The number of halogens is 3. The number of ketones is 1. The fourth-order valence-electron chi connectivity index (χ4n) is 1.35. The van der Waals surface area contributed by atoms with Gasteiger partial charge in [-0.25, -0.2) is 4.79 Å². The molecule has 0 heterocycles. The molecular formula is C13H12BrF2LiO5. The van der Waals surface area contributed by atoms with Gasteiger partial charge in [0.15, 0.2) is 0 Å². The molecule has 0 fully saturated rings. The molecule has 0 bridgehead atoms. The van der Waals surface area contributed by atoms with Gasteiger partial charge in [0, 0.05) is 16.1 Å². The van der Waals surface area contributed by atoms with Gasteiger partial charge in [-0.2, -0.15) is 8.78 Å². The van der Waals surface area contributed by atoms with Crippen LogP contribution in [0.5, 0.6) is 5.75 Å². The number of esters is 1. The molecule has 0 aliphatic rings. The SMILES string of the molecule is CCOC(=O)C(=O)C=C(O)c1cc(Br)cc(OC(F)F)c1.[LiH]. The number of hydrogen-bond donors (Lipinski definition) is 1. The monoisotopic (exact) mass is 372 g/mol. The van der Waals surface area contributed by atoms with Crippen molar-refractivity contribution >= 4 is 52.3 Å². The molecule has 0 aromatic heterocycles. The van der Waals surface area contributed by atoms with Gasteiger partial charge in [-0.3, -0.25) is 4.79 Å². The number of hydrogen-bond acceptors (Lipinski definition) is 5. The molecule has 0 unspecified atom stereocenters. The molecule has 9 heteroatoms. The van der Waals surface area contributed by atoms with E-state index >= 15 is 0 Å². The van der Waals surface area contributed by atoms with Crippen molar-refractivity contribution in [3.8, 4) is 5.75 Å². The second-order valence-corrected chi connectivity index (χ2v) is 4.58. The van der Waals surface area contributed by atoms with Gasteiger partial charge in [0.05, 0.1) is 6.61 Å². The van der Waals surface area contributed by atoms with Crippen LogP contribution in [0.1, 0.15) is 12.5 Å². The van der Waals surface area contributed by atoms with Crippen LogP contribution < -0.4 is 4.74 Å². The number of benzene rings is 1. The van der Waals surface area contributed by atoms with Crippen LogP contribution in [-0.4, -0.2) is 48.9 Å². The first-order chi connectivity index (χ1) is 9.83. The van der Waals surface area contributed by atoms with Crippen molar-refractivity contribution in [2.45, 2.75) is 13.5 Å². The fourth-order valence-corrected chi connectivity index (χ4v) is 1.82. The molecule has 0 amide bonds. The van der Waals surface area contributed by atoms with Crippen molar-refractivity contribution in [2.75, 3.05) is 6.61 Å². The van der Waals surface area contributed by atoms with Crippen LogP contribution in [0.3, 0.4) is 0 Å². The summed E-state index contributed by atoms with van der Waals surface area (Å²) in [7, 11) is 0. The predicted molar refractivity (Wildman–Crippen MR) is 80.2 cm³/mol. The number of rotatable bonds is 6. The van der Waals surface area contributed by atoms with E-state index in [1.807, 2.05) is 0 Å². The van der Waals surface area contributed by atoms with Crippen LogP contribution in [0.2, 0.25) is 0 Å². The topological polar surface area (TPSA) is 72.8 Å². The molecule has 0 atom stereocenters. The molecule has 0 aliphatic carbocycles. The van der Waals surface area contributed by atoms with E-state index in [-0.39, 0.29) is 36.8 Å². The van der Waals surface area contributed by atoms with E-state index < -0.39 is 24.1 Å². The van der Waals surface area contributed by atoms with E-state index in [1.54, 1.807) is 0 Å². The Morgan fingerprint density at radius 3 is 2.55 bits per heavy atom. The maximum atomic E-state index is 12.2. The van der Waals surface area contributed by atoms with Crippen LogP contribution >= 0.6 is 15.9 Å². The summed E-state index contributed by atoms with van der Waals surface area (Å²) < 4.78 is 33.3. The number of carbonyl (C=O) groups is 2. The summed E-state index contributed by atoms with van der Waals surface area (Å²) in [5, 5.41) is 9.76. The summed E-state index contributed by atoms with van der Waals surface area (Å²) >= 11 is 3.05. The summed E-state index contributed by atoms with van der Waals surface area (Å²) in [6.07, 6.45) is 0.645. The van der Waals surface area contributed by atoms with Crippen LogP contribution in [0.4, 0.5) is 8.78 Å². The maximum absolute atomic E-state index is 12.2. The third-order valence-corrected chi connectivity index (χ3v) is 2.59. The van der Waals surface area contributed by atoms with E-state index in [0.717, 1.165) is 6.07 Å². The molecule has 0 saturated heterocycles. The van der Waals surface area contributed by atoms with Crippen LogP contribution in [0, 0.1) is 0 Å². The van der Waals surface area contributed by atoms with Crippen molar-refractivity contribution in [1.82, 2.24) is 0 Å². The van der Waals surface area contributed by atoms with Crippen LogP contribution in [0.15, 0.2) is 28.7 Å². The van der Waals surface area contributed by atoms with Crippen molar-refractivity contribution in [3.05, 3.63) is 34.3 Å². The average molecular weight is 373 g/mol. The number of carbonyl (C=O) groups excluding carboxylic acids is 2. The zero-order valence-corrected chi connectivity index (χ0v) is 12.4. The van der Waals surface area contributed by atoms with Gasteiger partial charge in [-0.15, -0.1) is 0 Å². The summed E-state index contributed by atoms with van der Waals surface area (Å²) in [6, 6.07) is 3.72. The second-order valence-electron chi connectivity index (χ2n) is 3.67. The van der Waals surface area contributed by atoms with Gasteiger partial charge in [0.25, 0.3) is 5.78 Å². The average Bonchev–Trinajstić information content (AvgIpc) is 2.37. The van der Waals surface area contributed by atoms with E-state index in [9.17, 15) is 23.5 Å². The van der Waals surface area contributed by atoms with E-state index in [2.05, 4.69) is 25.4 Å². The molecule has 0 radical (unpaired) electrons. The zero-order valence-electron chi connectivity index (χ0n) is 10.8. The third-order valence-electron chi connectivity index (χ3n) is 2.14. The predicted octanol–water partition coefficient (Wildman–Crippen LogP) is 2.43. The molecule has 1 aromatic rings. The fraction of sp³-hybridized carbons (Fsp3) is 0.231. The minimum atomic E-state index is -3.03. The first kappa shape index (κ1) is 20.6. The third kappa shape index (κ3) is 6.60. The molecule has 22 heavy (non-hydrogen) atoms. The minimum absolute atomic E-state index is 0. The summed E-state index contributed by atoms with van der Waals surface area (Å²) in [5.41, 5.74) is 0.0256. The van der Waals surface area contributed by atoms with Crippen molar-refractivity contribution in [2.24, 2.45) is 0 Å². The Morgan fingerprint density at radius 2 is 2.00 bits per heavy atom. The van der Waals surface area contributed by atoms with E-state index in [4.69, 9.17) is 0 Å². The normalized spacial score (nSPS) is 10.9. The van der Waals surface area contributed by atoms with Crippen LogP contribution in [-0.2, 0) is 14.3 Å². The molecule has 116 valence electrons. The van der Waals surface area contributed by atoms with Crippen molar-refractivity contribution in [3.63, 3.8) is 0 Å². The van der Waals surface area contributed by atoms with E-state index in [1.165, 1.54) is 19.1 Å². The molecule has 1 rings (SSSR count). The molecule has 0 aliphatic heterocycles. The Bertz CT molecular complexity index is 578. The standard InChI is InChI=1S/C13H11BrF2O5.Li.H/c1-2-20-12(19)11(18)6-10(17)7-3-8(14)5-9(4-7)21-13(15)16;;/h3-6,13,17H,2H2,1H3;;. The van der Waals surface area contributed by atoms with Crippen molar-refractivity contribution < 1.29 is 33.0 Å². The number of aliphatic hydroxyl groups is 1. The molecule has 1 N–H and O–H groups in total. The Balaban J connectivity index is 0.00000441. The van der Waals surface area contributed by atoms with E-state index in [0.29, 0.717) is 10.5 Å². The van der Waals surface area contributed by atoms with Gasteiger partial charge in [0.1, 0.15) is 11.5 Å². The first-order valence-electron chi connectivity index (χ1n) is 5.71.